The quantitative estimate of drug-likeness (QED) is 0.699. The average Bonchev–Trinajstić information content (AvgIpc) is 3.18. The molecule has 0 bridgehead atoms. The number of carbonyl (C=O) groups excluding carboxylic acids is 1. The molecule has 6 heteroatoms. The summed E-state index contributed by atoms with van der Waals surface area (Å²) in [6, 6.07) is 8.19. The molecule has 0 radical (unpaired) electrons. The van der Waals surface area contributed by atoms with Crippen molar-refractivity contribution in [2.45, 2.75) is 19.3 Å². The molecule has 1 aromatic carbocycles. The molecule has 2 aliphatic rings. The number of carbonyl (C=O) groups is 1. The number of hydrogen-bond acceptors (Lipinski definition) is 5. The van der Waals surface area contributed by atoms with Gasteiger partial charge in [-0.25, -0.2) is 0 Å². The number of amides is 1. The van der Waals surface area contributed by atoms with E-state index in [0.29, 0.717) is 13.0 Å². The topological polar surface area (TPSA) is 56.8 Å². The van der Waals surface area contributed by atoms with Crippen molar-refractivity contribution >= 4 is 17.3 Å². The number of nitrogens with one attached hydrogen (secondary N) is 2. The summed E-state index contributed by atoms with van der Waals surface area (Å²) in [5.41, 5.74) is 2.13. The molecule has 0 spiro atoms. The van der Waals surface area contributed by atoms with Gasteiger partial charge in [-0.1, -0.05) is 0 Å². The number of rotatable bonds is 8. The van der Waals surface area contributed by atoms with Gasteiger partial charge < -0.3 is 20.3 Å². The molecule has 2 saturated heterocycles. The smallest absolute Gasteiger partial charge is 0.225 e. The van der Waals surface area contributed by atoms with Crippen LogP contribution in [0.5, 0.6) is 0 Å². The number of ether oxygens (including phenoxy) is 1. The molecule has 2 aliphatic heterocycles. The first-order valence-corrected chi connectivity index (χ1v) is 9.47. The maximum Gasteiger partial charge on any atom is 0.225 e. The summed E-state index contributed by atoms with van der Waals surface area (Å²) in [5, 5.41) is 6.32. The lowest BCUT2D eigenvalue weighted by Gasteiger charge is -2.26. The molecule has 2 fully saturated rings. The van der Waals surface area contributed by atoms with Gasteiger partial charge in [-0.05, 0) is 37.1 Å². The van der Waals surface area contributed by atoms with E-state index in [2.05, 4.69) is 32.6 Å². The number of benzene rings is 1. The van der Waals surface area contributed by atoms with Crippen molar-refractivity contribution < 1.29 is 9.53 Å². The zero-order valence-electron chi connectivity index (χ0n) is 15.0. The van der Waals surface area contributed by atoms with E-state index in [-0.39, 0.29) is 5.91 Å². The van der Waals surface area contributed by atoms with Crippen molar-refractivity contribution in [3.63, 3.8) is 0 Å². The monoisotopic (exact) mass is 346 g/mol. The van der Waals surface area contributed by atoms with Gasteiger partial charge in [0.05, 0.1) is 13.2 Å². The minimum Gasteiger partial charge on any atom is -0.379 e. The number of morpholine rings is 1. The minimum atomic E-state index is 0.0628. The number of hydrogen-bond donors (Lipinski definition) is 2. The standard InChI is InChI=1S/C19H30N4O2/c24-19(7-8-20-9-12-22-13-15-25-16-14-22)21-17-3-5-18(6-4-17)23-10-1-2-11-23/h3-6,20H,1-2,7-16H2,(H,21,24). The Balaban J connectivity index is 1.29. The molecule has 1 amide bonds. The Morgan fingerprint density at radius 1 is 1.00 bits per heavy atom. The summed E-state index contributed by atoms with van der Waals surface area (Å²) in [5.74, 6) is 0.0628. The van der Waals surface area contributed by atoms with Crippen molar-refractivity contribution in [3.05, 3.63) is 24.3 Å². The third-order valence-corrected chi connectivity index (χ3v) is 4.86. The molecule has 138 valence electrons. The van der Waals surface area contributed by atoms with Crippen LogP contribution in [0.25, 0.3) is 0 Å². The second kappa shape index (κ2) is 9.75. The molecule has 6 nitrogen and oxygen atoms in total. The molecular weight excluding hydrogens is 316 g/mol. The van der Waals surface area contributed by atoms with Crippen LogP contribution in [0.4, 0.5) is 11.4 Å². The van der Waals surface area contributed by atoms with E-state index >= 15 is 0 Å². The van der Waals surface area contributed by atoms with Gasteiger partial charge in [0, 0.05) is 63.6 Å². The SMILES string of the molecule is O=C(CCNCCN1CCOCC1)Nc1ccc(N2CCCC2)cc1. The van der Waals surface area contributed by atoms with Gasteiger partial charge in [0.2, 0.25) is 5.91 Å². The highest BCUT2D eigenvalue weighted by Crippen LogP contribution is 2.22. The molecule has 2 N–H and O–H groups in total. The highest BCUT2D eigenvalue weighted by molar-refractivity contribution is 5.91. The Hall–Kier alpha value is -1.63. The maximum atomic E-state index is 12.0. The lowest BCUT2D eigenvalue weighted by atomic mass is 10.2. The first-order valence-electron chi connectivity index (χ1n) is 9.47. The van der Waals surface area contributed by atoms with Gasteiger partial charge in [-0.2, -0.15) is 0 Å². The fourth-order valence-electron chi connectivity index (χ4n) is 3.34. The van der Waals surface area contributed by atoms with Crippen LogP contribution in [0.1, 0.15) is 19.3 Å². The van der Waals surface area contributed by atoms with Gasteiger partial charge in [0.1, 0.15) is 0 Å². The van der Waals surface area contributed by atoms with Crippen molar-refractivity contribution in [1.29, 1.82) is 0 Å². The van der Waals surface area contributed by atoms with Gasteiger partial charge >= 0.3 is 0 Å². The molecule has 3 rings (SSSR count). The first-order chi connectivity index (χ1) is 12.3. The van der Waals surface area contributed by atoms with Crippen LogP contribution >= 0.6 is 0 Å². The van der Waals surface area contributed by atoms with E-state index in [9.17, 15) is 4.79 Å². The molecule has 25 heavy (non-hydrogen) atoms. The van der Waals surface area contributed by atoms with Crippen LogP contribution in [0.3, 0.4) is 0 Å². The van der Waals surface area contributed by atoms with Crippen LogP contribution < -0.4 is 15.5 Å². The van der Waals surface area contributed by atoms with E-state index < -0.39 is 0 Å². The molecule has 0 aliphatic carbocycles. The summed E-state index contributed by atoms with van der Waals surface area (Å²) in [6.07, 6.45) is 3.05. The number of anilines is 2. The van der Waals surface area contributed by atoms with E-state index in [1.54, 1.807) is 0 Å². The first kappa shape index (κ1) is 18.2. The highest BCUT2D eigenvalue weighted by atomic mass is 16.5. The largest absolute Gasteiger partial charge is 0.379 e. The van der Waals surface area contributed by atoms with Crippen LogP contribution in [-0.2, 0) is 9.53 Å². The normalized spacial score (nSPS) is 18.5. The molecular formula is C19H30N4O2. The molecule has 0 atom stereocenters. The second-order valence-electron chi connectivity index (χ2n) is 6.74. The summed E-state index contributed by atoms with van der Waals surface area (Å²) in [6.45, 7) is 8.61. The Morgan fingerprint density at radius 3 is 2.44 bits per heavy atom. The van der Waals surface area contributed by atoms with Crippen LogP contribution in [0, 0.1) is 0 Å². The number of nitrogens with zero attached hydrogens (tertiary/aromatic N) is 2. The third kappa shape index (κ3) is 5.99. The van der Waals surface area contributed by atoms with Crippen molar-refractivity contribution in [2.75, 3.05) is 69.2 Å². The van der Waals surface area contributed by atoms with Gasteiger partial charge in [0.25, 0.3) is 0 Å². The molecule has 0 unspecified atom stereocenters. The van der Waals surface area contributed by atoms with Crippen molar-refractivity contribution in [3.8, 4) is 0 Å². The van der Waals surface area contributed by atoms with Gasteiger partial charge in [-0.3, -0.25) is 9.69 Å². The fraction of sp³-hybridized carbons (Fsp3) is 0.632. The fourth-order valence-corrected chi connectivity index (χ4v) is 3.34. The Kier molecular flexibility index (Phi) is 7.09. The predicted octanol–water partition coefficient (Wildman–Crippen LogP) is 1.54. The summed E-state index contributed by atoms with van der Waals surface area (Å²) in [7, 11) is 0. The van der Waals surface area contributed by atoms with Crippen molar-refractivity contribution in [2.24, 2.45) is 0 Å². The zero-order chi connectivity index (χ0) is 17.3. The molecule has 0 saturated carbocycles. The summed E-state index contributed by atoms with van der Waals surface area (Å²) in [4.78, 5) is 16.8. The Labute approximate surface area is 150 Å². The van der Waals surface area contributed by atoms with Crippen molar-refractivity contribution in [1.82, 2.24) is 10.2 Å². The maximum absolute atomic E-state index is 12.0. The summed E-state index contributed by atoms with van der Waals surface area (Å²) >= 11 is 0. The van der Waals surface area contributed by atoms with Crippen LogP contribution in [0.15, 0.2) is 24.3 Å². The zero-order valence-corrected chi connectivity index (χ0v) is 15.0. The Bertz CT molecular complexity index is 523. The van der Waals surface area contributed by atoms with Crippen LogP contribution in [-0.4, -0.2) is 69.8 Å². The molecule has 2 heterocycles. The van der Waals surface area contributed by atoms with Gasteiger partial charge in [0.15, 0.2) is 0 Å². The van der Waals surface area contributed by atoms with E-state index in [0.717, 1.165) is 58.2 Å². The predicted molar refractivity (Wildman–Crippen MR) is 101 cm³/mol. The highest BCUT2D eigenvalue weighted by Gasteiger charge is 2.12. The van der Waals surface area contributed by atoms with Gasteiger partial charge in [-0.15, -0.1) is 0 Å². The van der Waals surface area contributed by atoms with E-state index in [4.69, 9.17) is 4.74 Å². The molecule has 0 aromatic heterocycles. The lowest BCUT2D eigenvalue weighted by molar-refractivity contribution is -0.116. The minimum absolute atomic E-state index is 0.0628. The Morgan fingerprint density at radius 2 is 1.72 bits per heavy atom. The second-order valence-corrected chi connectivity index (χ2v) is 6.74. The lowest BCUT2D eigenvalue weighted by Crippen LogP contribution is -2.40. The van der Waals surface area contributed by atoms with Crippen LogP contribution in [0.2, 0.25) is 0 Å². The van der Waals surface area contributed by atoms with E-state index in [1.807, 2.05) is 12.1 Å². The third-order valence-electron chi connectivity index (χ3n) is 4.86. The molecule has 1 aromatic rings. The average molecular weight is 346 g/mol. The summed E-state index contributed by atoms with van der Waals surface area (Å²) < 4.78 is 5.33. The van der Waals surface area contributed by atoms with E-state index in [1.165, 1.54) is 18.5 Å².